The van der Waals surface area contributed by atoms with Crippen molar-refractivity contribution in [3.8, 4) is 0 Å². The van der Waals surface area contributed by atoms with E-state index in [1.807, 2.05) is 36.7 Å². The molecule has 3 N–H and O–H groups in total. The Labute approximate surface area is 163 Å². The lowest BCUT2D eigenvalue weighted by Crippen LogP contribution is -2.50. The number of carbonyl (C=O) groups excluding carboxylic acids is 3. The highest BCUT2D eigenvalue weighted by Crippen LogP contribution is 2.02. The van der Waals surface area contributed by atoms with E-state index in [4.69, 9.17) is 9.47 Å². The van der Waals surface area contributed by atoms with Gasteiger partial charge in [-0.3, -0.25) is 17.9 Å². The van der Waals surface area contributed by atoms with Gasteiger partial charge in [0.05, 0.1) is 33.0 Å². The SMILES string of the molecule is CCC(=O)CNC(=O)C(NC(=O)CCOCCOCCNI)C(C)C. The van der Waals surface area contributed by atoms with Crippen molar-refractivity contribution in [3.05, 3.63) is 0 Å². The molecule has 0 saturated carbocycles. The smallest absolute Gasteiger partial charge is 0.243 e. The number of Topliss-reactive ketones (excluding diaryl/α,β-unsaturated/α-hetero) is 1. The van der Waals surface area contributed by atoms with Gasteiger partial charge in [0, 0.05) is 42.3 Å². The third-order valence-electron chi connectivity index (χ3n) is 3.31. The normalized spacial score (nSPS) is 12.0. The van der Waals surface area contributed by atoms with Crippen LogP contribution in [0.15, 0.2) is 0 Å². The highest BCUT2D eigenvalue weighted by atomic mass is 127. The van der Waals surface area contributed by atoms with Gasteiger partial charge >= 0.3 is 0 Å². The Bertz CT molecular complexity index is 407. The summed E-state index contributed by atoms with van der Waals surface area (Å²) in [7, 11) is 0. The summed E-state index contributed by atoms with van der Waals surface area (Å²) in [5.41, 5.74) is 0. The minimum absolute atomic E-state index is 0.00931. The number of hydrogen-bond donors (Lipinski definition) is 3. The van der Waals surface area contributed by atoms with Crippen LogP contribution in [-0.2, 0) is 23.9 Å². The number of hydrogen-bond acceptors (Lipinski definition) is 6. The van der Waals surface area contributed by atoms with Crippen molar-refractivity contribution < 1.29 is 23.9 Å². The minimum Gasteiger partial charge on any atom is -0.379 e. The molecule has 0 aliphatic heterocycles. The van der Waals surface area contributed by atoms with Gasteiger partial charge in [-0.05, 0) is 5.92 Å². The second-order valence-corrected chi connectivity index (χ2v) is 6.52. The van der Waals surface area contributed by atoms with Crippen LogP contribution in [0.25, 0.3) is 0 Å². The molecular weight excluding hydrogens is 441 g/mol. The zero-order chi connectivity index (χ0) is 19.1. The van der Waals surface area contributed by atoms with Crippen LogP contribution in [0, 0.1) is 5.92 Å². The first-order valence-corrected chi connectivity index (χ1v) is 9.58. The number of halogens is 1. The predicted molar refractivity (Wildman–Crippen MR) is 103 cm³/mol. The molecule has 0 aromatic rings. The van der Waals surface area contributed by atoms with Crippen LogP contribution >= 0.6 is 22.9 Å². The van der Waals surface area contributed by atoms with Crippen LogP contribution in [0.3, 0.4) is 0 Å². The predicted octanol–water partition coefficient (Wildman–Crippen LogP) is 0.585. The first-order valence-electron chi connectivity index (χ1n) is 8.50. The van der Waals surface area contributed by atoms with Gasteiger partial charge < -0.3 is 20.1 Å². The molecule has 1 atom stereocenters. The number of nitrogens with one attached hydrogen (secondary N) is 3. The maximum absolute atomic E-state index is 12.1. The third-order valence-corrected chi connectivity index (χ3v) is 3.85. The summed E-state index contributed by atoms with van der Waals surface area (Å²) in [6.45, 7) is 7.94. The Balaban J connectivity index is 4.00. The fourth-order valence-electron chi connectivity index (χ4n) is 1.80. The first-order chi connectivity index (χ1) is 11.9. The van der Waals surface area contributed by atoms with Crippen LogP contribution in [-0.4, -0.2) is 63.2 Å². The fraction of sp³-hybridized carbons (Fsp3) is 0.812. The summed E-state index contributed by atoms with van der Waals surface area (Å²) in [5.74, 6) is -0.734. The molecule has 0 spiro atoms. The first kappa shape index (κ1) is 24.2. The van der Waals surface area contributed by atoms with E-state index in [9.17, 15) is 14.4 Å². The van der Waals surface area contributed by atoms with Gasteiger partial charge in [0.25, 0.3) is 0 Å². The summed E-state index contributed by atoms with van der Waals surface area (Å²) < 4.78 is 13.6. The number of ketones is 1. The van der Waals surface area contributed by atoms with E-state index >= 15 is 0 Å². The molecule has 1 unspecified atom stereocenters. The third kappa shape index (κ3) is 13.1. The van der Waals surface area contributed by atoms with Gasteiger partial charge in [-0.1, -0.05) is 20.8 Å². The molecule has 0 aliphatic rings. The van der Waals surface area contributed by atoms with E-state index in [1.165, 1.54) is 0 Å². The van der Waals surface area contributed by atoms with E-state index in [1.54, 1.807) is 6.92 Å². The Hall–Kier alpha value is -0.780. The van der Waals surface area contributed by atoms with Gasteiger partial charge in [-0.15, -0.1) is 0 Å². The molecule has 0 radical (unpaired) electrons. The van der Waals surface area contributed by atoms with Gasteiger partial charge in [0.15, 0.2) is 5.78 Å². The molecule has 0 aromatic carbocycles. The lowest BCUT2D eigenvalue weighted by Gasteiger charge is -2.21. The molecule has 0 heterocycles. The van der Waals surface area contributed by atoms with E-state index < -0.39 is 6.04 Å². The van der Waals surface area contributed by atoms with Crippen molar-refractivity contribution in [3.63, 3.8) is 0 Å². The molecular formula is C16H30IN3O5. The summed E-state index contributed by atoms with van der Waals surface area (Å²) in [4.78, 5) is 35.3. The Morgan fingerprint density at radius 3 is 2.24 bits per heavy atom. The van der Waals surface area contributed by atoms with Gasteiger partial charge in [0.1, 0.15) is 6.04 Å². The Kier molecular flexibility index (Phi) is 15.0. The molecule has 146 valence electrons. The van der Waals surface area contributed by atoms with Crippen LogP contribution in [0.1, 0.15) is 33.6 Å². The fourth-order valence-corrected chi connectivity index (χ4v) is 2.02. The van der Waals surface area contributed by atoms with Crippen molar-refractivity contribution >= 4 is 40.5 Å². The van der Waals surface area contributed by atoms with Crippen molar-refractivity contribution in [2.45, 2.75) is 39.7 Å². The summed E-state index contributed by atoms with van der Waals surface area (Å²) >= 11 is 2.05. The monoisotopic (exact) mass is 471 g/mol. The maximum Gasteiger partial charge on any atom is 0.243 e. The van der Waals surface area contributed by atoms with Crippen molar-refractivity contribution in [2.24, 2.45) is 5.92 Å². The number of amides is 2. The van der Waals surface area contributed by atoms with Crippen LogP contribution in [0.2, 0.25) is 0 Å². The lowest BCUT2D eigenvalue weighted by molar-refractivity contribution is -0.131. The molecule has 0 saturated heterocycles. The van der Waals surface area contributed by atoms with E-state index in [0.29, 0.717) is 26.2 Å². The number of carbonyl (C=O) groups is 3. The highest BCUT2D eigenvalue weighted by Gasteiger charge is 2.24. The lowest BCUT2D eigenvalue weighted by atomic mass is 10.0. The topological polar surface area (TPSA) is 106 Å². The molecule has 0 aliphatic carbocycles. The maximum atomic E-state index is 12.1. The van der Waals surface area contributed by atoms with E-state index in [0.717, 1.165) is 6.54 Å². The molecule has 2 amide bonds. The van der Waals surface area contributed by atoms with Crippen LogP contribution < -0.4 is 14.2 Å². The van der Waals surface area contributed by atoms with Gasteiger partial charge in [-0.25, -0.2) is 0 Å². The summed E-state index contributed by atoms with van der Waals surface area (Å²) in [5, 5.41) is 5.26. The zero-order valence-corrected chi connectivity index (χ0v) is 17.4. The van der Waals surface area contributed by atoms with E-state index in [2.05, 4.69) is 14.2 Å². The van der Waals surface area contributed by atoms with E-state index in [-0.39, 0.29) is 43.1 Å². The summed E-state index contributed by atoms with van der Waals surface area (Å²) in [6.07, 6.45) is 0.536. The highest BCUT2D eigenvalue weighted by molar-refractivity contribution is 14.1. The van der Waals surface area contributed by atoms with Crippen molar-refractivity contribution in [1.82, 2.24) is 14.2 Å². The van der Waals surface area contributed by atoms with Crippen LogP contribution in [0.4, 0.5) is 0 Å². The van der Waals surface area contributed by atoms with Crippen molar-refractivity contribution in [1.29, 1.82) is 0 Å². The molecule has 8 nitrogen and oxygen atoms in total. The zero-order valence-electron chi connectivity index (χ0n) is 15.2. The largest absolute Gasteiger partial charge is 0.379 e. The standard InChI is InChI=1S/C16H30IN3O5/c1-4-13(21)11-18-16(23)15(12(2)3)20-14(22)5-7-24-9-10-25-8-6-19-17/h12,15,19H,4-11H2,1-3H3,(H,18,23)(H,20,22). The Morgan fingerprint density at radius 1 is 1.04 bits per heavy atom. The second kappa shape index (κ2) is 15.5. The molecule has 0 bridgehead atoms. The van der Waals surface area contributed by atoms with Crippen LogP contribution in [0.5, 0.6) is 0 Å². The average molecular weight is 471 g/mol. The Morgan fingerprint density at radius 2 is 1.68 bits per heavy atom. The quantitative estimate of drug-likeness (QED) is 0.183. The molecule has 0 rings (SSSR count). The summed E-state index contributed by atoms with van der Waals surface area (Å²) in [6, 6.07) is -0.665. The second-order valence-electron chi connectivity index (χ2n) is 5.76. The molecule has 0 aromatic heterocycles. The molecule has 9 heteroatoms. The minimum atomic E-state index is -0.665. The van der Waals surface area contributed by atoms with Crippen molar-refractivity contribution in [2.75, 3.05) is 39.5 Å². The van der Waals surface area contributed by atoms with Gasteiger partial charge in [0.2, 0.25) is 11.8 Å². The molecule has 0 fully saturated rings. The number of ether oxygens (including phenoxy) is 2. The average Bonchev–Trinajstić information content (AvgIpc) is 2.59. The van der Waals surface area contributed by atoms with Gasteiger partial charge in [-0.2, -0.15) is 0 Å². The number of rotatable bonds is 15. The molecule has 25 heavy (non-hydrogen) atoms.